The van der Waals surface area contributed by atoms with Crippen LogP contribution < -0.4 is 0 Å². The summed E-state index contributed by atoms with van der Waals surface area (Å²) >= 11 is 0. The number of ether oxygens (including phenoxy) is 1. The molecule has 0 aliphatic carbocycles. The molecule has 0 radical (unpaired) electrons. The smallest absolute Gasteiger partial charge is 0.409 e. The molecule has 1 atom stereocenters. The first-order valence-electron chi connectivity index (χ1n) is 7.73. The summed E-state index contributed by atoms with van der Waals surface area (Å²) in [5.74, 6) is 0.133. The van der Waals surface area contributed by atoms with E-state index in [0.717, 1.165) is 24.8 Å². The summed E-state index contributed by atoms with van der Waals surface area (Å²) in [5, 5.41) is 0. The van der Waals surface area contributed by atoms with E-state index in [9.17, 15) is 9.59 Å². The van der Waals surface area contributed by atoms with Gasteiger partial charge in [-0.25, -0.2) is 4.79 Å². The van der Waals surface area contributed by atoms with Crippen molar-refractivity contribution in [2.45, 2.75) is 30.7 Å². The number of carbonyl (C=O) groups excluding carboxylic acids is 2. The Kier molecular flexibility index (Phi) is 3.81. The highest BCUT2D eigenvalue weighted by molar-refractivity contribution is 5.87. The van der Waals surface area contributed by atoms with Crippen molar-refractivity contribution >= 4 is 12.0 Å². The summed E-state index contributed by atoms with van der Waals surface area (Å²) in [7, 11) is 3.31. The SMILES string of the molecule is COC(=O)N1CCC2(CC1)C[C@@H](c1ccccc1)C(=O)N2C. The Morgan fingerprint density at radius 2 is 1.86 bits per heavy atom. The molecule has 0 bridgehead atoms. The van der Waals surface area contributed by atoms with Crippen molar-refractivity contribution in [3.8, 4) is 0 Å². The quantitative estimate of drug-likeness (QED) is 0.799. The fraction of sp³-hybridized carbons (Fsp3) is 0.529. The number of hydrogen-bond acceptors (Lipinski definition) is 3. The summed E-state index contributed by atoms with van der Waals surface area (Å²) in [6.45, 7) is 1.29. The van der Waals surface area contributed by atoms with Crippen LogP contribution in [0, 0.1) is 0 Å². The minimum absolute atomic E-state index is 0.0594. The summed E-state index contributed by atoms with van der Waals surface area (Å²) in [5.41, 5.74) is 0.967. The molecule has 2 aliphatic heterocycles. The highest BCUT2D eigenvalue weighted by Gasteiger charge is 2.50. The van der Waals surface area contributed by atoms with Crippen LogP contribution in [0.15, 0.2) is 30.3 Å². The van der Waals surface area contributed by atoms with Crippen molar-refractivity contribution < 1.29 is 14.3 Å². The first-order valence-corrected chi connectivity index (χ1v) is 7.73. The summed E-state index contributed by atoms with van der Waals surface area (Å²) < 4.78 is 4.79. The maximum atomic E-state index is 12.7. The second kappa shape index (κ2) is 5.63. The highest BCUT2D eigenvalue weighted by Crippen LogP contribution is 2.44. The predicted octanol–water partition coefficient (Wildman–Crippen LogP) is 2.23. The lowest BCUT2D eigenvalue weighted by atomic mass is 9.81. The summed E-state index contributed by atoms with van der Waals surface area (Å²) in [4.78, 5) is 27.9. The van der Waals surface area contributed by atoms with Gasteiger partial charge in [-0.3, -0.25) is 4.79 Å². The zero-order chi connectivity index (χ0) is 15.7. The Hall–Kier alpha value is -2.04. The molecular weight excluding hydrogens is 280 g/mol. The van der Waals surface area contributed by atoms with E-state index >= 15 is 0 Å². The molecule has 1 aromatic carbocycles. The molecule has 2 amide bonds. The molecule has 118 valence electrons. The topological polar surface area (TPSA) is 49.9 Å². The van der Waals surface area contributed by atoms with E-state index < -0.39 is 0 Å². The third-order valence-corrected chi connectivity index (χ3v) is 5.25. The van der Waals surface area contributed by atoms with Crippen LogP contribution in [0.5, 0.6) is 0 Å². The van der Waals surface area contributed by atoms with Gasteiger partial charge < -0.3 is 14.5 Å². The Labute approximate surface area is 130 Å². The van der Waals surface area contributed by atoms with Gasteiger partial charge in [0, 0.05) is 25.7 Å². The minimum Gasteiger partial charge on any atom is -0.453 e. The van der Waals surface area contributed by atoms with Crippen molar-refractivity contribution in [2.75, 3.05) is 27.2 Å². The van der Waals surface area contributed by atoms with Crippen LogP contribution in [0.3, 0.4) is 0 Å². The lowest BCUT2D eigenvalue weighted by Gasteiger charge is -2.42. The molecule has 0 unspecified atom stereocenters. The molecule has 0 saturated carbocycles. The van der Waals surface area contributed by atoms with Gasteiger partial charge in [0.25, 0.3) is 0 Å². The number of hydrogen-bond donors (Lipinski definition) is 0. The first-order chi connectivity index (χ1) is 10.6. The Morgan fingerprint density at radius 1 is 1.23 bits per heavy atom. The van der Waals surface area contributed by atoms with Crippen molar-refractivity contribution in [2.24, 2.45) is 0 Å². The average molecular weight is 302 g/mol. The fourth-order valence-electron chi connectivity index (χ4n) is 3.79. The predicted molar refractivity (Wildman–Crippen MR) is 82.5 cm³/mol. The molecule has 5 nitrogen and oxygen atoms in total. The van der Waals surface area contributed by atoms with Crippen LogP contribution >= 0.6 is 0 Å². The molecule has 2 saturated heterocycles. The molecule has 0 N–H and O–H groups in total. The van der Waals surface area contributed by atoms with Crippen molar-refractivity contribution in [3.05, 3.63) is 35.9 Å². The zero-order valence-electron chi connectivity index (χ0n) is 13.1. The van der Waals surface area contributed by atoms with Gasteiger partial charge in [0.05, 0.1) is 13.0 Å². The van der Waals surface area contributed by atoms with Gasteiger partial charge in [-0.05, 0) is 24.8 Å². The molecular formula is C17H22N2O3. The zero-order valence-corrected chi connectivity index (χ0v) is 13.1. The van der Waals surface area contributed by atoms with E-state index in [1.165, 1.54) is 7.11 Å². The fourth-order valence-corrected chi connectivity index (χ4v) is 3.79. The van der Waals surface area contributed by atoms with Crippen LogP contribution in [-0.2, 0) is 9.53 Å². The number of methoxy groups -OCH3 is 1. The highest BCUT2D eigenvalue weighted by atomic mass is 16.5. The van der Waals surface area contributed by atoms with E-state index in [4.69, 9.17) is 4.74 Å². The van der Waals surface area contributed by atoms with E-state index in [0.29, 0.717) is 13.1 Å². The Balaban J connectivity index is 1.76. The van der Waals surface area contributed by atoms with E-state index in [1.54, 1.807) is 4.90 Å². The van der Waals surface area contributed by atoms with Crippen molar-refractivity contribution in [1.82, 2.24) is 9.80 Å². The number of piperidine rings is 1. The average Bonchev–Trinajstić information content (AvgIpc) is 2.81. The van der Waals surface area contributed by atoms with Crippen LogP contribution in [-0.4, -0.2) is 54.6 Å². The number of carbonyl (C=O) groups is 2. The van der Waals surface area contributed by atoms with Gasteiger partial charge in [-0.15, -0.1) is 0 Å². The first kappa shape index (κ1) is 14.9. The minimum atomic E-state index is -0.276. The standard InChI is InChI=1S/C17H22N2O3/c1-18-15(20)14(13-6-4-3-5-7-13)12-17(18)8-10-19(11-9-17)16(21)22-2/h3-7,14H,8-12H2,1-2H3/t14-/m0/s1. The summed E-state index contributed by atoms with van der Waals surface area (Å²) in [6.07, 6.45) is 2.18. The Morgan fingerprint density at radius 3 is 2.45 bits per heavy atom. The molecule has 2 aliphatic rings. The molecule has 2 heterocycles. The molecule has 22 heavy (non-hydrogen) atoms. The molecule has 1 aromatic rings. The van der Waals surface area contributed by atoms with Crippen LogP contribution in [0.25, 0.3) is 0 Å². The lowest BCUT2D eigenvalue weighted by Crippen LogP contribution is -2.52. The lowest BCUT2D eigenvalue weighted by molar-refractivity contribution is -0.131. The van der Waals surface area contributed by atoms with E-state index in [1.807, 2.05) is 42.3 Å². The van der Waals surface area contributed by atoms with Gasteiger partial charge in [0.2, 0.25) is 5.91 Å². The second-order valence-electron chi connectivity index (χ2n) is 6.25. The largest absolute Gasteiger partial charge is 0.453 e. The summed E-state index contributed by atoms with van der Waals surface area (Å²) in [6, 6.07) is 9.98. The van der Waals surface area contributed by atoms with Crippen LogP contribution in [0.4, 0.5) is 4.79 Å². The molecule has 3 rings (SSSR count). The van der Waals surface area contributed by atoms with Crippen molar-refractivity contribution in [3.63, 3.8) is 0 Å². The van der Waals surface area contributed by atoms with E-state index in [2.05, 4.69) is 0 Å². The number of nitrogens with zero attached hydrogens (tertiary/aromatic N) is 2. The van der Waals surface area contributed by atoms with Crippen LogP contribution in [0.2, 0.25) is 0 Å². The third kappa shape index (κ3) is 2.34. The number of amides is 2. The van der Waals surface area contributed by atoms with Gasteiger partial charge in [0.1, 0.15) is 0 Å². The van der Waals surface area contributed by atoms with E-state index in [-0.39, 0.29) is 23.5 Å². The maximum Gasteiger partial charge on any atom is 0.409 e. The van der Waals surface area contributed by atoms with Gasteiger partial charge in [0.15, 0.2) is 0 Å². The normalized spacial score (nSPS) is 23.9. The van der Waals surface area contributed by atoms with Gasteiger partial charge >= 0.3 is 6.09 Å². The molecule has 2 fully saturated rings. The number of likely N-dealkylation sites (tertiary alicyclic amines) is 2. The van der Waals surface area contributed by atoms with Gasteiger partial charge in [-0.2, -0.15) is 0 Å². The maximum absolute atomic E-state index is 12.7. The number of rotatable bonds is 1. The number of benzene rings is 1. The molecule has 5 heteroatoms. The second-order valence-corrected chi connectivity index (χ2v) is 6.25. The molecule has 1 spiro atoms. The third-order valence-electron chi connectivity index (χ3n) is 5.25. The van der Waals surface area contributed by atoms with Crippen LogP contribution in [0.1, 0.15) is 30.7 Å². The molecule has 0 aromatic heterocycles. The van der Waals surface area contributed by atoms with Gasteiger partial charge in [-0.1, -0.05) is 30.3 Å². The monoisotopic (exact) mass is 302 g/mol. The van der Waals surface area contributed by atoms with Crippen molar-refractivity contribution in [1.29, 1.82) is 0 Å². The Bertz CT molecular complexity index is 565. The number of likely N-dealkylation sites (N-methyl/N-ethyl adjacent to an activating group) is 1.